The molecule has 0 radical (unpaired) electrons. The van der Waals surface area contributed by atoms with Crippen molar-refractivity contribution >= 4 is 6.29 Å². The minimum Gasteiger partial charge on any atom is -0.326 e. The maximum Gasteiger partial charge on any atom is 0.266 e. The number of H-pyrrole nitrogens is 1. The number of nitrogens with one attached hydrogen (secondary N) is 1. The van der Waals surface area contributed by atoms with Crippen molar-refractivity contribution in [3.63, 3.8) is 0 Å². The molecule has 15 heavy (non-hydrogen) atoms. The molecule has 76 valence electrons. The van der Waals surface area contributed by atoms with Gasteiger partial charge in [-0.05, 0) is 0 Å². The molecular weight excluding hydrogens is 192 g/mol. The van der Waals surface area contributed by atoms with Crippen molar-refractivity contribution in [2.45, 2.75) is 0 Å². The van der Waals surface area contributed by atoms with Gasteiger partial charge in [0.05, 0.1) is 6.20 Å². The first-order valence-electron chi connectivity index (χ1n) is 4.32. The van der Waals surface area contributed by atoms with Gasteiger partial charge in [0, 0.05) is 18.0 Å². The van der Waals surface area contributed by atoms with Crippen LogP contribution in [0.15, 0.2) is 53.7 Å². The highest BCUT2D eigenvalue weighted by atomic mass is 16.1. The van der Waals surface area contributed by atoms with Crippen LogP contribution < -0.4 is 5.56 Å². The standard InChI is InChI=1S/C7H6O.C4H4N2O/c8-6-7-4-2-1-3-5-7;7-4-3-5-1-2-6-4/h1-6H;1-3H,(H,6,7). The van der Waals surface area contributed by atoms with Crippen molar-refractivity contribution in [2.75, 3.05) is 0 Å². The van der Waals surface area contributed by atoms with E-state index in [4.69, 9.17) is 0 Å². The van der Waals surface area contributed by atoms with Gasteiger partial charge in [0.2, 0.25) is 0 Å². The minimum atomic E-state index is -0.164. The molecule has 1 aromatic heterocycles. The molecule has 0 fully saturated rings. The molecule has 0 aliphatic heterocycles. The van der Waals surface area contributed by atoms with Crippen LogP contribution in [0.3, 0.4) is 0 Å². The number of benzene rings is 1. The summed E-state index contributed by atoms with van der Waals surface area (Å²) in [6.07, 6.45) is 5.06. The van der Waals surface area contributed by atoms with E-state index in [-0.39, 0.29) is 5.56 Å². The lowest BCUT2D eigenvalue weighted by Gasteiger charge is -1.81. The van der Waals surface area contributed by atoms with Gasteiger partial charge in [-0.25, -0.2) is 0 Å². The van der Waals surface area contributed by atoms with Crippen LogP contribution in [0.1, 0.15) is 10.4 Å². The highest BCUT2D eigenvalue weighted by Crippen LogP contribution is 1.91. The Kier molecular flexibility index (Phi) is 4.53. The van der Waals surface area contributed by atoms with E-state index in [0.717, 1.165) is 11.8 Å². The Labute approximate surface area is 86.6 Å². The first-order chi connectivity index (χ1) is 7.33. The van der Waals surface area contributed by atoms with E-state index in [2.05, 4.69) is 9.97 Å². The summed E-state index contributed by atoms with van der Waals surface area (Å²) < 4.78 is 0. The van der Waals surface area contributed by atoms with Gasteiger partial charge in [-0.2, -0.15) is 0 Å². The van der Waals surface area contributed by atoms with E-state index in [1.807, 2.05) is 18.2 Å². The van der Waals surface area contributed by atoms with Crippen molar-refractivity contribution < 1.29 is 4.79 Å². The molecule has 0 bridgehead atoms. The number of carbonyl (C=O) groups excluding carboxylic acids is 1. The summed E-state index contributed by atoms with van der Waals surface area (Å²) >= 11 is 0. The van der Waals surface area contributed by atoms with Gasteiger partial charge in [-0.3, -0.25) is 14.6 Å². The molecule has 0 spiro atoms. The zero-order valence-electron chi connectivity index (χ0n) is 7.96. The van der Waals surface area contributed by atoms with E-state index < -0.39 is 0 Å². The summed E-state index contributed by atoms with van der Waals surface area (Å²) in [6.45, 7) is 0. The molecule has 0 aliphatic carbocycles. The molecule has 0 saturated carbocycles. The van der Waals surface area contributed by atoms with Crippen molar-refractivity contribution in [1.82, 2.24) is 9.97 Å². The number of rotatable bonds is 1. The molecular formula is C11H10N2O2. The summed E-state index contributed by atoms with van der Waals surface area (Å²) in [4.78, 5) is 26.1. The average molecular weight is 202 g/mol. The molecule has 4 nitrogen and oxygen atoms in total. The van der Waals surface area contributed by atoms with Crippen LogP contribution in [0.5, 0.6) is 0 Å². The Hall–Kier alpha value is -2.23. The fraction of sp³-hybridized carbons (Fsp3) is 0. The highest BCUT2D eigenvalue weighted by Gasteiger charge is 1.80. The lowest BCUT2D eigenvalue weighted by Crippen LogP contribution is -2.01. The first kappa shape index (κ1) is 10.8. The predicted octanol–water partition coefficient (Wildman–Crippen LogP) is 1.27. The van der Waals surface area contributed by atoms with Crippen LogP contribution in [0.2, 0.25) is 0 Å². The number of aromatic nitrogens is 2. The molecule has 0 atom stereocenters. The van der Waals surface area contributed by atoms with E-state index in [1.54, 1.807) is 12.1 Å². The van der Waals surface area contributed by atoms with Gasteiger partial charge in [0.25, 0.3) is 5.56 Å². The fourth-order valence-electron chi connectivity index (χ4n) is 0.842. The van der Waals surface area contributed by atoms with E-state index in [0.29, 0.717) is 0 Å². The molecule has 1 heterocycles. The molecule has 4 heteroatoms. The molecule has 2 rings (SSSR count). The molecule has 2 aromatic rings. The maximum atomic E-state index is 10.2. The van der Waals surface area contributed by atoms with Crippen molar-refractivity contribution in [3.05, 3.63) is 64.8 Å². The Balaban J connectivity index is 0.000000151. The fourth-order valence-corrected chi connectivity index (χ4v) is 0.842. The van der Waals surface area contributed by atoms with Crippen molar-refractivity contribution in [1.29, 1.82) is 0 Å². The average Bonchev–Trinajstić information content (AvgIpc) is 2.32. The highest BCUT2D eigenvalue weighted by molar-refractivity contribution is 5.74. The van der Waals surface area contributed by atoms with E-state index in [9.17, 15) is 9.59 Å². The Morgan fingerprint density at radius 3 is 2.27 bits per heavy atom. The lowest BCUT2D eigenvalue weighted by atomic mass is 10.2. The third-order valence-electron chi connectivity index (χ3n) is 1.51. The monoisotopic (exact) mass is 202 g/mol. The van der Waals surface area contributed by atoms with Gasteiger partial charge in [0.15, 0.2) is 0 Å². The predicted molar refractivity (Wildman–Crippen MR) is 56.7 cm³/mol. The maximum absolute atomic E-state index is 10.2. The Morgan fingerprint density at radius 1 is 1.20 bits per heavy atom. The second-order valence-electron chi connectivity index (χ2n) is 2.63. The normalized spacial score (nSPS) is 8.53. The summed E-state index contributed by atoms with van der Waals surface area (Å²) in [5.41, 5.74) is 0.565. The minimum absolute atomic E-state index is 0.164. The summed E-state index contributed by atoms with van der Waals surface area (Å²) in [7, 11) is 0. The third kappa shape index (κ3) is 4.52. The lowest BCUT2D eigenvalue weighted by molar-refractivity contribution is 0.112. The number of carbonyl (C=O) groups is 1. The number of nitrogens with zero attached hydrogens (tertiary/aromatic N) is 1. The van der Waals surface area contributed by atoms with Gasteiger partial charge in [-0.15, -0.1) is 0 Å². The van der Waals surface area contributed by atoms with Gasteiger partial charge in [0.1, 0.15) is 6.29 Å². The molecule has 0 amide bonds. The third-order valence-corrected chi connectivity index (χ3v) is 1.51. The summed E-state index contributed by atoms with van der Waals surface area (Å²) in [5.74, 6) is 0. The van der Waals surface area contributed by atoms with Crippen LogP contribution in [-0.4, -0.2) is 16.3 Å². The van der Waals surface area contributed by atoms with Crippen LogP contribution in [0, 0.1) is 0 Å². The smallest absolute Gasteiger partial charge is 0.266 e. The molecule has 0 saturated heterocycles. The van der Waals surface area contributed by atoms with Crippen LogP contribution in [-0.2, 0) is 0 Å². The van der Waals surface area contributed by atoms with Gasteiger partial charge >= 0.3 is 0 Å². The van der Waals surface area contributed by atoms with E-state index in [1.165, 1.54) is 18.6 Å². The number of aldehydes is 1. The molecule has 1 aromatic carbocycles. The van der Waals surface area contributed by atoms with Crippen LogP contribution in [0.25, 0.3) is 0 Å². The van der Waals surface area contributed by atoms with Crippen LogP contribution in [0.4, 0.5) is 0 Å². The van der Waals surface area contributed by atoms with Crippen molar-refractivity contribution in [2.24, 2.45) is 0 Å². The second kappa shape index (κ2) is 6.26. The first-order valence-corrected chi connectivity index (χ1v) is 4.32. The topological polar surface area (TPSA) is 62.8 Å². The zero-order chi connectivity index (χ0) is 10.9. The van der Waals surface area contributed by atoms with Gasteiger partial charge < -0.3 is 4.98 Å². The quantitative estimate of drug-likeness (QED) is 0.708. The second-order valence-corrected chi connectivity index (χ2v) is 2.63. The SMILES string of the molecule is O=Cc1ccccc1.O=c1cncc[nH]1. The number of hydrogen-bond donors (Lipinski definition) is 1. The molecule has 0 aliphatic rings. The largest absolute Gasteiger partial charge is 0.326 e. The number of hydrogen-bond acceptors (Lipinski definition) is 3. The van der Waals surface area contributed by atoms with Crippen LogP contribution >= 0.6 is 0 Å². The summed E-state index contributed by atoms with van der Waals surface area (Å²) in [5, 5.41) is 0. The zero-order valence-corrected chi connectivity index (χ0v) is 7.96. The van der Waals surface area contributed by atoms with E-state index >= 15 is 0 Å². The number of aromatic amines is 1. The summed E-state index contributed by atoms with van der Waals surface area (Å²) in [6, 6.07) is 9.10. The Bertz CT molecular complexity index is 434. The molecule has 1 N–H and O–H groups in total. The Morgan fingerprint density at radius 2 is 1.93 bits per heavy atom. The molecule has 0 unspecified atom stereocenters. The van der Waals surface area contributed by atoms with Crippen molar-refractivity contribution in [3.8, 4) is 0 Å². The van der Waals surface area contributed by atoms with Gasteiger partial charge in [-0.1, -0.05) is 30.3 Å².